The Morgan fingerprint density at radius 2 is 1.75 bits per heavy atom. The molecule has 0 aromatic heterocycles. The molecule has 0 saturated heterocycles. The van der Waals surface area contributed by atoms with Gasteiger partial charge in [0, 0.05) is 5.69 Å². The third kappa shape index (κ3) is 4.46. The average molecular weight is 368 g/mol. The highest BCUT2D eigenvalue weighted by Crippen LogP contribution is 2.23. The molecule has 2 aromatic rings. The Balaban J connectivity index is 2.34. The number of hydrogen-bond acceptors (Lipinski definition) is 4. The van der Waals surface area contributed by atoms with E-state index in [1.807, 2.05) is 0 Å². The van der Waals surface area contributed by atoms with Crippen LogP contribution < -0.4 is 15.8 Å². The standard InChI is InChI=1S/C15H14ClN3O4S/c1-24(22,23)19-9-6-7-12(16)11(8-9)15(21)18-13-5-3-2-4-10(13)14(17)20/h2-8,19H,1H3,(H2,17,20)(H,18,21). The largest absolute Gasteiger partial charge is 0.366 e. The van der Waals surface area contributed by atoms with E-state index in [2.05, 4.69) is 10.0 Å². The minimum absolute atomic E-state index is 0.0459. The monoisotopic (exact) mass is 367 g/mol. The van der Waals surface area contributed by atoms with Gasteiger partial charge in [-0.25, -0.2) is 8.42 Å². The molecule has 4 N–H and O–H groups in total. The fraction of sp³-hybridized carbons (Fsp3) is 0.0667. The highest BCUT2D eigenvalue weighted by Gasteiger charge is 2.15. The van der Waals surface area contributed by atoms with Crippen LogP contribution in [0.2, 0.25) is 5.02 Å². The lowest BCUT2D eigenvalue weighted by molar-refractivity contribution is 0.100. The molecule has 0 aliphatic carbocycles. The van der Waals surface area contributed by atoms with Crippen LogP contribution in [0.5, 0.6) is 0 Å². The van der Waals surface area contributed by atoms with Crippen molar-refractivity contribution < 1.29 is 18.0 Å². The Labute approximate surface area is 143 Å². The van der Waals surface area contributed by atoms with Crippen molar-refractivity contribution in [3.8, 4) is 0 Å². The number of rotatable bonds is 5. The zero-order chi connectivity index (χ0) is 17.9. The van der Waals surface area contributed by atoms with Gasteiger partial charge in [0.2, 0.25) is 10.0 Å². The second kappa shape index (κ2) is 6.90. The number of halogens is 1. The number of nitrogens with one attached hydrogen (secondary N) is 2. The van der Waals surface area contributed by atoms with Crippen LogP contribution in [0.15, 0.2) is 42.5 Å². The highest BCUT2D eigenvalue weighted by atomic mass is 35.5. The number of para-hydroxylation sites is 1. The molecule has 0 bridgehead atoms. The van der Waals surface area contributed by atoms with Crippen LogP contribution in [0.25, 0.3) is 0 Å². The molecule has 0 fully saturated rings. The van der Waals surface area contributed by atoms with Crippen molar-refractivity contribution in [2.45, 2.75) is 0 Å². The molecule has 2 aromatic carbocycles. The lowest BCUT2D eigenvalue weighted by atomic mass is 10.1. The van der Waals surface area contributed by atoms with Crippen LogP contribution in [-0.4, -0.2) is 26.5 Å². The van der Waals surface area contributed by atoms with Crippen molar-refractivity contribution in [3.63, 3.8) is 0 Å². The summed E-state index contributed by atoms with van der Waals surface area (Å²) in [6, 6.07) is 10.4. The Morgan fingerprint density at radius 3 is 2.38 bits per heavy atom. The van der Waals surface area contributed by atoms with E-state index in [1.54, 1.807) is 12.1 Å². The molecule has 0 saturated carbocycles. The molecule has 0 radical (unpaired) electrons. The Morgan fingerprint density at radius 1 is 1.08 bits per heavy atom. The molecule has 2 rings (SSSR count). The van der Waals surface area contributed by atoms with Crippen LogP contribution in [-0.2, 0) is 10.0 Å². The summed E-state index contributed by atoms with van der Waals surface area (Å²) in [4.78, 5) is 23.8. The Hall–Kier alpha value is -2.58. The van der Waals surface area contributed by atoms with Crippen molar-refractivity contribution in [2.24, 2.45) is 5.73 Å². The number of hydrogen-bond donors (Lipinski definition) is 3. The third-order valence-electron chi connectivity index (χ3n) is 2.95. The maximum absolute atomic E-state index is 12.4. The zero-order valence-corrected chi connectivity index (χ0v) is 14.1. The van der Waals surface area contributed by atoms with Gasteiger partial charge in [-0.05, 0) is 30.3 Å². The number of amides is 2. The van der Waals surface area contributed by atoms with Gasteiger partial charge in [-0.1, -0.05) is 23.7 Å². The second-order valence-corrected chi connectivity index (χ2v) is 7.09. The van der Waals surface area contributed by atoms with Gasteiger partial charge in [0.05, 0.1) is 28.1 Å². The molecular formula is C15H14ClN3O4S. The molecule has 0 aliphatic heterocycles. The molecule has 0 spiro atoms. The summed E-state index contributed by atoms with van der Waals surface area (Å²) in [6.45, 7) is 0. The van der Waals surface area contributed by atoms with Crippen molar-refractivity contribution in [2.75, 3.05) is 16.3 Å². The van der Waals surface area contributed by atoms with Gasteiger partial charge in [0.1, 0.15) is 0 Å². The first-order chi connectivity index (χ1) is 11.2. The molecule has 24 heavy (non-hydrogen) atoms. The predicted octanol–water partition coefficient (Wildman–Crippen LogP) is 2.06. The van der Waals surface area contributed by atoms with Gasteiger partial charge in [-0.3, -0.25) is 14.3 Å². The van der Waals surface area contributed by atoms with E-state index in [0.29, 0.717) is 0 Å². The van der Waals surface area contributed by atoms with Crippen LogP contribution >= 0.6 is 11.6 Å². The first-order valence-electron chi connectivity index (χ1n) is 6.65. The Kier molecular flexibility index (Phi) is 5.10. The molecule has 0 atom stereocenters. The first kappa shape index (κ1) is 17.8. The van der Waals surface area contributed by atoms with E-state index in [1.165, 1.54) is 30.3 Å². The van der Waals surface area contributed by atoms with E-state index in [4.69, 9.17) is 17.3 Å². The summed E-state index contributed by atoms with van der Waals surface area (Å²) in [5.74, 6) is -1.30. The summed E-state index contributed by atoms with van der Waals surface area (Å²) in [6.07, 6.45) is 0.991. The van der Waals surface area contributed by atoms with Crippen LogP contribution in [0.3, 0.4) is 0 Å². The number of benzene rings is 2. The maximum atomic E-state index is 12.4. The zero-order valence-electron chi connectivity index (χ0n) is 12.5. The highest BCUT2D eigenvalue weighted by molar-refractivity contribution is 7.92. The van der Waals surface area contributed by atoms with Gasteiger partial charge >= 0.3 is 0 Å². The number of carbonyl (C=O) groups is 2. The molecule has 126 valence electrons. The van der Waals surface area contributed by atoms with Gasteiger partial charge in [0.15, 0.2) is 0 Å². The van der Waals surface area contributed by atoms with E-state index < -0.39 is 21.8 Å². The number of anilines is 2. The van der Waals surface area contributed by atoms with Gasteiger partial charge in [-0.15, -0.1) is 0 Å². The molecular weight excluding hydrogens is 354 g/mol. The van der Waals surface area contributed by atoms with E-state index in [0.717, 1.165) is 6.26 Å². The molecule has 9 heteroatoms. The summed E-state index contributed by atoms with van der Waals surface area (Å²) in [5, 5.41) is 2.67. The van der Waals surface area contributed by atoms with E-state index in [9.17, 15) is 18.0 Å². The molecule has 7 nitrogen and oxygen atoms in total. The van der Waals surface area contributed by atoms with Crippen molar-refractivity contribution in [3.05, 3.63) is 58.6 Å². The normalized spacial score (nSPS) is 10.9. The summed E-state index contributed by atoms with van der Waals surface area (Å²) in [5.41, 5.74) is 5.87. The fourth-order valence-corrected chi connectivity index (χ4v) is 2.73. The second-order valence-electron chi connectivity index (χ2n) is 4.93. The molecule has 2 amide bonds. The first-order valence-corrected chi connectivity index (χ1v) is 8.92. The van der Waals surface area contributed by atoms with Crippen molar-refractivity contribution in [1.29, 1.82) is 0 Å². The van der Waals surface area contributed by atoms with E-state index >= 15 is 0 Å². The number of primary amides is 1. The quantitative estimate of drug-likeness (QED) is 0.749. The summed E-state index contributed by atoms with van der Waals surface area (Å²) < 4.78 is 24.8. The van der Waals surface area contributed by atoms with Crippen molar-refractivity contribution >= 4 is 44.8 Å². The minimum Gasteiger partial charge on any atom is -0.366 e. The van der Waals surface area contributed by atoms with Gasteiger partial charge in [0.25, 0.3) is 11.8 Å². The van der Waals surface area contributed by atoms with Crippen LogP contribution in [0.1, 0.15) is 20.7 Å². The molecule has 0 aliphatic rings. The maximum Gasteiger partial charge on any atom is 0.257 e. The smallest absolute Gasteiger partial charge is 0.257 e. The SMILES string of the molecule is CS(=O)(=O)Nc1ccc(Cl)c(C(=O)Nc2ccccc2C(N)=O)c1. The lowest BCUT2D eigenvalue weighted by Gasteiger charge is -2.11. The average Bonchev–Trinajstić information content (AvgIpc) is 2.48. The predicted molar refractivity (Wildman–Crippen MR) is 92.8 cm³/mol. The lowest BCUT2D eigenvalue weighted by Crippen LogP contribution is -2.19. The number of nitrogens with two attached hydrogens (primary N) is 1. The van der Waals surface area contributed by atoms with E-state index in [-0.39, 0.29) is 27.5 Å². The van der Waals surface area contributed by atoms with Crippen molar-refractivity contribution in [1.82, 2.24) is 0 Å². The Bertz CT molecular complexity index is 913. The third-order valence-corrected chi connectivity index (χ3v) is 3.89. The number of carbonyl (C=O) groups excluding carboxylic acids is 2. The molecule has 0 unspecified atom stereocenters. The van der Waals surface area contributed by atoms with Gasteiger partial charge < -0.3 is 11.1 Å². The van der Waals surface area contributed by atoms with Crippen LogP contribution in [0.4, 0.5) is 11.4 Å². The summed E-state index contributed by atoms with van der Waals surface area (Å²) in [7, 11) is -3.50. The summed E-state index contributed by atoms with van der Waals surface area (Å²) >= 11 is 6.00. The van der Waals surface area contributed by atoms with Gasteiger partial charge in [-0.2, -0.15) is 0 Å². The minimum atomic E-state index is -3.50. The topological polar surface area (TPSA) is 118 Å². The number of sulfonamides is 1. The molecule has 0 heterocycles. The fourth-order valence-electron chi connectivity index (χ4n) is 1.97. The van der Waals surface area contributed by atoms with Crippen LogP contribution in [0, 0.1) is 0 Å².